The maximum Gasteiger partial charge on any atom is 0.337 e. The first-order valence-electron chi connectivity index (χ1n) is 6.94. The summed E-state index contributed by atoms with van der Waals surface area (Å²) in [5.74, 6) is -0.371. The predicted molar refractivity (Wildman–Crippen MR) is 97.5 cm³/mol. The molecule has 7 nitrogen and oxygen atoms in total. The summed E-state index contributed by atoms with van der Waals surface area (Å²) in [5, 5.41) is 5.37. The van der Waals surface area contributed by atoms with Gasteiger partial charge in [-0.3, -0.25) is 5.43 Å². The minimum atomic E-state index is -3.29. The number of hydrogen-bond acceptors (Lipinski definition) is 4. The Balaban J connectivity index is 1.82. The predicted octanol–water partition coefficient (Wildman–Crippen LogP) is 2.25. The number of rotatable bonds is 3. The van der Waals surface area contributed by atoms with E-state index in [-0.39, 0.29) is 15.8 Å². The van der Waals surface area contributed by atoms with E-state index < -0.39 is 15.9 Å². The Morgan fingerprint density at radius 1 is 0.920 bits per heavy atom. The second kappa shape index (κ2) is 7.90. The molecular weight excluding hydrogens is 367 g/mol. The highest BCUT2D eigenvalue weighted by Crippen LogP contribution is 2.13. The van der Waals surface area contributed by atoms with Crippen LogP contribution in [0, 0.1) is 5.82 Å². The Hall–Kier alpha value is -2.72. The summed E-state index contributed by atoms with van der Waals surface area (Å²) in [7, 11) is -3.29. The van der Waals surface area contributed by atoms with Gasteiger partial charge in [0.05, 0.1) is 4.90 Å². The van der Waals surface area contributed by atoms with Gasteiger partial charge in [-0.15, -0.1) is 0 Å². The van der Waals surface area contributed by atoms with Crippen molar-refractivity contribution in [3.8, 4) is 0 Å². The molecule has 10 heteroatoms. The summed E-state index contributed by atoms with van der Waals surface area (Å²) in [6.07, 6.45) is 1.10. The number of thiocarbonyl (C=S) groups is 1. The third-order valence-electron chi connectivity index (χ3n) is 2.93. The zero-order chi connectivity index (χ0) is 18.4. The summed E-state index contributed by atoms with van der Waals surface area (Å²) in [4.78, 5) is 11.9. The summed E-state index contributed by atoms with van der Waals surface area (Å²) in [5.41, 5.74) is 5.74. The van der Waals surface area contributed by atoms with Gasteiger partial charge in [-0.05, 0) is 60.7 Å². The lowest BCUT2D eigenvalue weighted by molar-refractivity contribution is 0.250. The van der Waals surface area contributed by atoms with E-state index in [1.165, 1.54) is 48.5 Å². The Morgan fingerprint density at radius 2 is 1.44 bits per heavy atom. The van der Waals surface area contributed by atoms with E-state index in [0.717, 1.165) is 6.26 Å². The number of anilines is 2. The van der Waals surface area contributed by atoms with Crippen LogP contribution in [0.5, 0.6) is 0 Å². The molecule has 2 rings (SSSR count). The molecular formula is C15H15FN4O3S2. The number of carbonyl (C=O) groups excluding carboxylic acids is 1. The van der Waals surface area contributed by atoms with Crippen LogP contribution in [0.25, 0.3) is 0 Å². The molecule has 4 N–H and O–H groups in total. The van der Waals surface area contributed by atoms with Gasteiger partial charge in [-0.2, -0.15) is 0 Å². The monoisotopic (exact) mass is 382 g/mol. The second-order valence-electron chi connectivity index (χ2n) is 4.96. The van der Waals surface area contributed by atoms with E-state index in [0.29, 0.717) is 11.4 Å². The standard InChI is InChI=1S/C15H15FN4O3S2/c1-25(22,23)13-8-6-11(7-9-13)17-14(21)19-20-15(24)18-12-4-2-10(16)3-5-12/h2-9H,1H3,(H2,17,19,21)(H2,18,20,24). The summed E-state index contributed by atoms with van der Waals surface area (Å²) in [6, 6.07) is 10.6. The minimum absolute atomic E-state index is 0.106. The molecule has 0 saturated carbocycles. The molecule has 0 aliphatic carbocycles. The lowest BCUT2D eigenvalue weighted by Gasteiger charge is -2.12. The molecule has 2 amide bonds. The van der Waals surface area contributed by atoms with E-state index in [9.17, 15) is 17.6 Å². The van der Waals surface area contributed by atoms with E-state index in [4.69, 9.17) is 12.2 Å². The summed E-state index contributed by atoms with van der Waals surface area (Å²) in [6.45, 7) is 0. The number of halogens is 1. The third kappa shape index (κ3) is 6.01. The van der Waals surface area contributed by atoms with Crippen LogP contribution in [0.4, 0.5) is 20.6 Å². The highest BCUT2D eigenvalue weighted by molar-refractivity contribution is 7.90. The summed E-state index contributed by atoms with van der Waals surface area (Å²) < 4.78 is 35.5. The first-order valence-corrected chi connectivity index (χ1v) is 9.24. The van der Waals surface area contributed by atoms with Crippen molar-refractivity contribution < 1.29 is 17.6 Å². The number of sulfone groups is 1. The molecule has 0 aliphatic rings. The molecule has 2 aromatic rings. The van der Waals surface area contributed by atoms with Crippen molar-refractivity contribution in [1.29, 1.82) is 0 Å². The molecule has 0 spiro atoms. The maximum atomic E-state index is 12.8. The van der Waals surface area contributed by atoms with Crippen LogP contribution in [0.1, 0.15) is 0 Å². The van der Waals surface area contributed by atoms with Crippen LogP contribution in [0.2, 0.25) is 0 Å². The molecule has 132 valence electrons. The molecule has 0 fully saturated rings. The number of nitrogens with one attached hydrogen (secondary N) is 4. The molecule has 2 aromatic carbocycles. The van der Waals surface area contributed by atoms with E-state index in [1.807, 2.05) is 0 Å². The Labute approximate surface area is 149 Å². The zero-order valence-corrected chi connectivity index (χ0v) is 14.7. The van der Waals surface area contributed by atoms with Gasteiger partial charge < -0.3 is 10.6 Å². The first kappa shape index (κ1) is 18.6. The van der Waals surface area contributed by atoms with Crippen LogP contribution in [-0.2, 0) is 9.84 Å². The van der Waals surface area contributed by atoms with Gasteiger partial charge in [0.15, 0.2) is 14.9 Å². The van der Waals surface area contributed by atoms with Crippen molar-refractivity contribution >= 4 is 44.6 Å². The minimum Gasteiger partial charge on any atom is -0.331 e. The van der Waals surface area contributed by atoms with Crippen LogP contribution in [0.3, 0.4) is 0 Å². The van der Waals surface area contributed by atoms with Gasteiger partial charge in [0, 0.05) is 17.6 Å². The Bertz CT molecular complexity index is 869. The smallest absolute Gasteiger partial charge is 0.331 e. The van der Waals surface area contributed by atoms with Crippen molar-refractivity contribution in [3.05, 3.63) is 54.3 Å². The first-order chi connectivity index (χ1) is 11.7. The summed E-state index contributed by atoms with van der Waals surface area (Å²) >= 11 is 4.98. The largest absolute Gasteiger partial charge is 0.337 e. The Morgan fingerprint density at radius 3 is 2.00 bits per heavy atom. The number of urea groups is 1. The molecule has 0 atom stereocenters. The normalized spacial score (nSPS) is 10.6. The molecule has 0 aliphatic heterocycles. The van der Waals surface area contributed by atoms with Crippen molar-refractivity contribution in [2.24, 2.45) is 0 Å². The fourth-order valence-electron chi connectivity index (χ4n) is 1.76. The zero-order valence-electron chi connectivity index (χ0n) is 13.0. The lowest BCUT2D eigenvalue weighted by atomic mass is 10.3. The van der Waals surface area contributed by atoms with Gasteiger partial charge >= 0.3 is 6.03 Å². The second-order valence-corrected chi connectivity index (χ2v) is 7.39. The quantitative estimate of drug-likeness (QED) is 0.480. The van der Waals surface area contributed by atoms with Gasteiger partial charge in [0.1, 0.15) is 5.82 Å². The van der Waals surface area contributed by atoms with E-state index >= 15 is 0 Å². The Kier molecular flexibility index (Phi) is 5.88. The SMILES string of the molecule is CS(=O)(=O)c1ccc(NC(=O)NNC(=S)Nc2ccc(F)cc2)cc1. The maximum absolute atomic E-state index is 12.8. The third-order valence-corrected chi connectivity index (χ3v) is 4.26. The van der Waals surface area contributed by atoms with Gasteiger partial charge in [-0.1, -0.05) is 0 Å². The number of hydrogen-bond donors (Lipinski definition) is 4. The number of carbonyl (C=O) groups is 1. The van der Waals surface area contributed by atoms with Gasteiger partial charge in [0.25, 0.3) is 0 Å². The molecule has 0 bridgehead atoms. The fraction of sp³-hybridized carbons (Fsp3) is 0.0667. The number of benzene rings is 2. The van der Waals surface area contributed by atoms with Gasteiger partial charge in [0.2, 0.25) is 0 Å². The molecule has 0 aromatic heterocycles. The molecule has 0 unspecified atom stereocenters. The van der Waals surface area contributed by atoms with Crippen LogP contribution in [0.15, 0.2) is 53.4 Å². The molecule has 0 saturated heterocycles. The van der Waals surface area contributed by atoms with Crippen molar-refractivity contribution in [3.63, 3.8) is 0 Å². The van der Waals surface area contributed by atoms with Crippen molar-refractivity contribution in [2.75, 3.05) is 16.9 Å². The molecule has 0 heterocycles. The van der Waals surface area contributed by atoms with E-state index in [1.54, 1.807) is 0 Å². The van der Waals surface area contributed by atoms with Crippen molar-refractivity contribution in [2.45, 2.75) is 4.90 Å². The average molecular weight is 382 g/mol. The molecule has 25 heavy (non-hydrogen) atoms. The number of amides is 2. The fourth-order valence-corrected chi connectivity index (χ4v) is 2.56. The molecule has 0 radical (unpaired) electrons. The highest BCUT2D eigenvalue weighted by atomic mass is 32.2. The average Bonchev–Trinajstić information content (AvgIpc) is 2.55. The van der Waals surface area contributed by atoms with E-state index in [2.05, 4.69) is 21.5 Å². The van der Waals surface area contributed by atoms with Crippen LogP contribution < -0.4 is 21.5 Å². The van der Waals surface area contributed by atoms with Crippen LogP contribution in [-0.4, -0.2) is 25.8 Å². The lowest BCUT2D eigenvalue weighted by Crippen LogP contribution is -2.45. The number of hydrazine groups is 1. The van der Waals surface area contributed by atoms with Crippen LogP contribution >= 0.6 is 12.2 Å². The van der Waals surface area contributed by atoms with Gasteiger partial charge in [-0.25, -0.2) is 23.0 Å². The topological polar surface area (TPSA) is 99.3 Å². The highest BCUT2D eigenvalue weighted by Gasteiger charge is 2.07. The van der Waals surface area contributed by atoms with Crippen molar-refractivity contribution in [1.82, 2.24) is 10.9 Å².